The number of nitrogens with one attached hydrogen (secondary N) is 1. The summed E-state index contributed by atoms with van der Waals surface area (Å²) in [5, 5.41) is 2.44. The lowest BCUT2D eigenvalue weighted by Crippen LogP contribution is -2.53. The minimum atomic E-state index is -0.0579. The molecular formula is C3H6N2O. The zero-order chi connectivity index (χ0) is 4.57. The van der Waals surface area contributed by atoms with Gasteiger partial charge in [-0.25, -0.2) is 0 Å². The van der Waals surface area contributed by atoms with E-state index in [2.05, 4.69) is 5.32 Å². The molecule has 0 aromatic carbocycles. The lowest BCUT2D eigenvalue weighted by Gasteiger charge is -2.21. The highest BCUT2D eigenvalue weighted by Gasteiger charge is 2.19. The monoisotopic (exact) mass is 86.0 g/mol. The van der Waals surface area contributed by atoms with Crippen LogP contribution >= 0.6 is 0 Å². The van der Waals surface area contributed by atoms with Crippen LogP contribution in [0.15, 0.2) is 0 Å². The maximum Gasteiger partial charge on any atom is 0.224 e. The van der Waals surface area contributed by atoms with Crippen LogP contribution in [0.4, 0.5) is 0 Å². The van der Waals surface area contributed by atoms with Crippen molar-refractivity contribution < 1.29 is 4.79 Å². The van der Waals surface area contributed by atoms with E-state index in [1.165, 1.54) is 0 Å². The van der Waals surface area contributed by atoms with Gasteiger partial charge in [-0.2, -0.15) is 0 Å². The van der Waals surface area contributed by atoms with Gasteiger partial charge in [0.15, 0.2) is 0 Å². The fourth-order valence-corrected chi connectivity index (χ4v) is 0.385. The molecule has 6 heavy (non-hydrogen) atoms. The molecule has 3 N–H and O–H groups in total. The Bertz CT molecular complexity index is 72.9. The molecule has 0 unspecified atom stereocenters. The molecule has 1 amide bonds. The van der Waals surface area contributed by atoms with Gasteiger partial charge in [0.1, 0.15) is 0 Å². The minimum Gasteiger partial charge on any atom is -0.340 e. The Labute approximate surface area is 35.5 Å². The topological polar surface area (TPSA) is 55.1 Å². The number of nitrogens with two attached hydrogens (primary N) is 1. The van der Waals surface area contributed by atoms with Gasteiger partial charge in [-0.05, 0) is 0 Å². The molecule has 0 aromatic heterocycles. The normalized spacial score (nSPS) is 31.5. The fourth-order valence-electron chi connectivity index (χ4n) is 0.385. The molecule has 1 aliphatic heterocycles. The maximum absolute atomic E-state index is 9.92. The van der Waals surface area contributed by atoms with Crippen LogP contribution in [0.2, 0.25) is 0 Å². The summed E-state index contributed by atoms with van der Waals surface area (Å²) in [6.45, 7) is 0. The Balaban J connectivity index is 2.28. The number of hydrogen-bond donors (Lipinski definition) is 2. The van der Waals surface area contributed by atoms with Gasteiger partial charge in [-0.3, -0.25) is 4.79 Å². The molecule has 3 nitrogen and oxygen atoms in total. The Morgan fingerprint density at radius 3 is 2.50 bits per heavy atom. The highest BCUT2D eigenvalue weighted by Crippen LogP contribution is 1.93. The van der Waals surface area contributed by atoms with E-state index in [0.717, 1.165) is 0 Å². The van der Waals surface area contributed by atoms with Gasteiger partial charge >= 0.3 is 0 Å². The minimum absolute atomic E-state index is 0.0579. The third-order valence-corrected chi connectivity index (χ3v) is 0.752. The van der Waals surface area contributed by atoms with Crippen molar-refractivity contribution in [1.82, 2.24) is 5.32 Å². The van der Waals surface area contributed by atoms with E-state index in [4.69, 9.17) is 5.73 Å². The summed E-state index contributed by atoms with van der Waals surface area (Å²) in [5.41, 5.74) is 5.14. The second-order valence-electron chi connectivity index (χ2n) is 1.38. The molecule has 0 aromatic rings. The van der Waals surface area contributed by atoms with Gasteiger partial charge in [-0.15, -0.1) is 0 Å². The Morgan fingerprint density at radius 1 is 2.00 bits per heavy atom. The fraction of sp³-hybridized carbons (Fsp3) is 0.667. The van der Waals surface area contributed by atoms with Crippen LogP contribution in [0, 0.1) is 0 Å². The Hall–Kier alpha value is -0.570. The summed E-state index contributed by atoms with van der Waals surface area (Å²) in [6.07, 6.45) is 0.442. The average Bonchev–Trinajstić information content (AvgIpc) is 1.33. The third-order valence-electron chi connectivity index (χ3n) is 0.752. The summed E-state index contributed by atoms with van der Waals surface area (Å²) in [6, 6.07) is 0. The van der Waals surface area contributed by atoms with E-state index in [1.807, 2.05) is 0 Å². The second kappa shape index (κ2) is 0.944. The number of amides is 1. The third kappa shape index (κ3) is 0.367. The van der Waals surface area contributed by atoms with Crippen LogP contribution in [0.5, 0.6) is 0 Å². The summed E-state index contributed by atoms with van der Waals surface area (Å²) in [4.78, 5) is 9.92. The van der Waals surface area contributed by atoms with E-state index >= 15 is 0 Å². The summed E-state index contributed by atoms with van der Waals surface area (Å²) >= 11 is 0. The first-order valence-electron chi connectivity index (χ1n) is 1.84. The van der Waals surface area contributed by atoms with Crippen LogP contribution in [0.1, 0.15) is 6.42 Å². The lowest BCUT2D eigenvalue weighted by molar-refractivity contribution is -0.127. The quantitative estimate of drug-likeness (QED) is 0.363. The zero-order valence-corrected chi connectivity index (χ0v) is 3.27. The van der Waals surface area contributed by atoms with Crippen molar-refractivity contribution in [1.29, 1.82) is 0 Å². The van der Waals surface area contributed by atoms with Crippen molar-refractivity contribution in [3.8, 4) is 0 Å². The molecule has 1 aliphatic rings. The molecule has 1 saturated heterocycles. The lowest BCUT2D eigenvalue weighted by atomic mass is 10.2. The average molecular weight is 86.1 g/mol. The summed E-state index contributed by atoms with van der Waals surface area (Å²) in [5.74, 6) is 0.0579. The number of carbonyl (C=O) groups excluding carboxylic acids is 1. The molecule has 3 heteroatoms. The molecule has 1 rings (SSSR count). The molecule has 1 fully saturated rings. The van der Waals surface area contributed by atoms with Crippen LogP contribution in [-0.2, 0) is 4.79 Å². The van der Waals surface area contributed by atoms with E-state index in [1.54, 1.807) is 0 Å². The highest BCUT2D eigenvalue weighted by atomic mass is 16.2. The molecule has 0 radical (unpaired) electrons. The number of rotatable bonds is 0. The van der Waals surface area contributed by atoms with E-state index in [9.17, 15) is 4.79 Å². The maximum atomic E-state index is 9.92. The summed E-state index contributed by atoms with van der Waals surface area (Å²) < 4.78 is 0. The molecule has 1 heterocycles. The molecule has 1 atom stereocenters. The van der Waals surface area contributed by atoms with E-state index in [-0.39, 0.29) is 12.1 Å². The van der Waals surface area contributed by atoms with Crippen molar-refractivity contribution in [3.63, 3.8) is 0 Å². The number of β-lactam (4-membered cyclic amide) rings is 1. The summed E-state index contributed by atoms with van der Waals surface area (Å²) in [7, 11) is 0. The van der Waals surface area contributed by atoms with Crippen LogP contribution in [0.3, 0.4) is 0 Å². The largest absolute Gasteiger partial charge is 0.340 e. The molecule has 0 bridgehead atoms. The van der Waals surface area contributed by atoms with Gasteiger partial charge in [0, 0.05) is 0 Å². The molecule has 0 aliphatic carbocycles. The molecular weight excluding hydrogens is 80.0 g/mol. The first-order chi connectivity index (χ1) is 2.79. The van der Waals surface area contributed by atoms with E-state index < -0.39 is 0 Å². The SMILES string of the molecule is N[C@H]1CC(=O)N1. The van der Waals surface area contributed by atoms with Crippen molar-refractivity contribution in [3.05, 3.63) is 0 Å². The standard InChI is InChI=1S/C3H6N2O/c4-2-1-3(6)5-2/h2H,1,4H2,(H,5,6)/t2-/m1/s1. The Morgan fingerprint density at radius 2 is 2.50 bits per heavy atom. The van der Waals surface area contributed by atoms with Crippen LogP contribution < -0.4 is 11.1 Å². The predicted octanol–water partition coefficient (Wildman–Crippen LogP) is -1.21. The van der Waals surface area contributed by atoms with Crippen molar-refractivity contribution in [2.45, 2.75) is 12.6 Å². The first kappa shape index (κ1) is 3.61. The molecule has 0 spiro atoms. The Kier molecular flexibility index (Phi) is 0.569. The zero-order valence-electron chi connectivity index (χ0n) is 3.27. The smallest absolute Gasteiger partial charge is 0.224 e. The number of hydrogen-bond acceptors (Lipinski definition) is 2. The van der Waals surface area contributed by atoms with Crippen LogP contribution in [0.25, 0.3) is 0 Å². The second-order valence-corrected chi connectivity index (χ2v) is 1.38. The van der Waals surface area contributed by atoms with Gasteiger partial charge in [0.25, 0.3) is 0 Å². The molecule has 34 valence electrons. The van der Waals surface area contributed by atoms with Crippen molar-refractivity contribution >= 4 is 5.91 Å². The first-order valence-corrected chi connectivity index (χ1v) is 1.84. The predicted molar refractivity (Wildman–Crippen MR) is 20.7 cm³/mol. The van der Waals surface area contributed by atoms with Gasteiger partial charge in [0.2, 0.25) is 5.91 Å². The van der Waals surface area contributed by atoms with Crippen molar-refractivity contribution in [2.24, 2.45) is 5.73 Å². The number of carbonyl (C=O) groups is 1. The van der Waals surface area contributed by atoms with Crippen LogP contribution in [-0.4, -0.2) is 12.1 Å². The van der Waals surface area contributed by atoms with Gasteiger partial charge < -0.3 is 11.1 Å². The highest BCUT2D eigenvalue weighted by molar-refractivity contribution is 5.82. The van der Waals surface area contributed by atoms with Crippen molar-refractivity contribution in [2.75, 3.05) is 0 Å². The van der Waals surface area contributed by atoms with Gasteiger partial charge in [0.05, 0.1) is 12.6 Å². The molecule has 0 saturated carbocycles. The van der Waals surface area contributed by atoms with Gasteiger partial charge in [-0.1, -0.05) is 0 Å². The van der Waals surface area contributed by atoms with E-state index in [0.29, 0.717) is 6.42 Å².